The quantitative estimate of drug-likeness (QED) is 0.704. The lowest BCUT2D eigenvalue weighted by atomic mass is 9.86. The Balaban J connectivity index is 2.06. The van der Waals surface area contributed by atoms with Gasteiger partial charge in [0.1, 0.15) is 0 Å². The van der Waals surface area contributed by atoms with Gasteiger partial charge in [0, 0.05) is 6.42 Å². The highest BCUT2D eigenvalue weighted by Gasteiger charge is 2.14. The molecule has 0 aromatic carbocycles. The number of carbonyl (C=O) groups is 1. The molecule has 0 saturated heterocycles. The summed E-state index contributed by atoms with van der Waals surface area (Å²) in [5.74, 6) is 0.956. The molecule has 0 amide bonds. The summed E-state index contributed by atoms with van der Waals surface area (Å²) >= 11 is 1.10. The van der Waals surface area contributed by atoms with E-state index < -0.39 is 0 Å². The van der Waals surface area contributed by atoms with Crippen molar-refractivity contribution in [3.05, 3.63) is 0 Å². The van der Waals surface area contributed by atoms with Crippen molar-refractivity contribution in [2.24, 2.45) is 5.92 Å². The Hall–Kier alpha value is -0.310. The van der Waals surface area contributed by atoms with Crippen LogP contribution in [0.25, 0.3) is 0 Å². The van der Waals surface area contributed by atoms with Gasteiger partial charge in [0.2, 0.25) is 6.29 Å². The van der Waals surface area contributed by atoms with Gasteiger partial charge in [-0.25, -0.2) is 0 Å². The second-order valence-electron chi connectivity index (χ2n) is 3.85. The molecule has 1 aliphatic carbocycles. The van der Waals surface area contributed by atoms with Gasteiger partial charge in [0.05, 0.1) is 5.75 Å². The van der Waals surface area contributed by atoms with Gasteiger partial charge in [0.25, 0.3) is 0 Å². The fourth-order valence-electron chi connectivity index (χ4n) is 1.98. The van der Waals surface area contributed by atoms with Crippen LogP contribution in [0, 0.1) is 5.92 Å². The normalized spacial score (nSPS) is 18.0. The molecule has 2 nitrogen and oxygen atoms in total. The van der Waals surface area contributed by atoms with E-state index in [4.69, 9.17) is 0 Å². The molecule has 0 spiro atoms. The molecule has 0 aliphatic heterocycles. The van der Waals surface area contributed by atoms with Gasteiger partial charge in [-0.1, -0.05) is 43.9 Å². The van der Waals surface area contributed by atoms with Crippen molar-refractivity contribution in [1.82, 2.24) is 0 Å². The zero-order valence-electron chi connectivity index (χ0n) is 8.46. The van der Waals surface area contributed by atoms with Crippen molar-refractivity contribution in [3.63, 3.8) is 0 Å². The maximum Gasteiger partial charge on any atom is 0.209 e. The lowest BCUT2D eigenvalue weighted by molar-refractivity contribution is -0.111. The van der Waals surface area contributed by atoms with Crippen molar-refractivity contribution in [1.29, 1.82) is 0 Å². The zero-order chi connectivity index (χ0) is 10.2. The summed E-state index contributed by atoms with van der Waals surface area (Å²) < 4.78 is 0. The van der Waals surface area contributed by atoms with Gasteiger partial charge in [-0.3, -0.25) is 9.59 Å². The minimum absolute atomic E-state index is 0.152. The number of carbonyl (C=O) groups excluding carboxylic acids is 2. The van der Waals surface area contributed by atoms with Crippen molar-refractivity contribution < 1.29 is 9.59 Å². The predicted octanol–water partition coefficient (Wildman–Crippen LogP) is 2.72. The second-order valence-corrected chi connectivity index (χ2v) is 4.88. The monoisotopic (exact) mass is 213 g/mol. The summed E-state index contributed by atoms with van der Waals surface area (Å²) in [4.78, 5) is 21.1. The van der Waals surface area contributed by atoms with Crippen LogP contribution in [0.5, 0.6) is 0 Å². The fraction of sp³-hybridized carbons (Fsp3) is 0.818. The SMILES string of the molecule is O=[C]CSC(=O)CCC1CCCCC1. The van der Waals surface area contributed by atoms with Crippen LogP contribution in [0.15, 0.2) is 0 Å². The second kappa shape index (κ2) is 7.04. The summed E-state index contributed by atoms with van der Waals surface area (Å²) in [7, 11) is 0. The van der Waals surface area contributed by atoms with E-state index in [0.29, 0.717) is 6.42 Å². The van der Waals surface area contributed by atoms with E-state index >= 15 is 0 Å². The zero-order valence-corrected chi connectivity index (χ0v) is 9.28. The molecule has 79 valence electrons. The van der Waals surface area contributed by atoms with Crippen LogP contribution < -0.4 is 0 Å². The molecule has 1 rings (SSSR count). The summed E-state index contributed by atoms with van der Waals surface area (Å²) in [6.07, 6.45) is 9.98. The minimum Gasteiger partial charge on any atom is -0.290 e. The lowest BCUT2D eigenvalue weighted by Crippen LogP contribution is -2.08. The molecule has 0 aromatic rings. The van der Waals surface area contributed by atoms with Crippen molar-refractivity contribution in [2.75, 3.05) is 5.75 Å². The molecule has 1 aliphatic rings. The topological polar surface area (TPSA) is 34.1 Å². The standard InChI is InChI=1S/C11H17O2S/c12-8-9-14-11(13)7-6-10-4-2-1-3-5-10/h10H,1-7,9H2. The summed E-state index contributed by atoms with van der Waals surface area (Å²) in [6, 6.07) is 0. The van der Waals surface area contributed by atoms with Crippen LogP contribution in [-0.2, 0) is 9.59 Å². The molecule has 0 heterocycles. The number of hydrogen-bond acceptors (Lipinski definition) is 3. The Bertz CT molecular complexity index is 186. The molecule has 0 N–H and O–H groups in total. The van der Waals surface area contributed by atoms with Crippen molar-refractivity contribution >= 4 is 23.2 Å². The third kappa shape index (κ3) is 4.80. The lowest BCUT2D eigenvalue weighted by Gasteiger charge is -2.20. The van der Waals surface area contributed by atoms with Gasteiger partial charge in [-0.05, 0) is 12.3 Å². The van der Waals surface area contributed by atoms with E-state index in [-0.39, 0.29) is 10.9 Å². The third-order valence-corrected chi connectivity index (χ3v) is 3.56. The first-order valence-electron chi connectivity index (χ1n) is 5.33. The van der Waals surface area contributed by atoms with Gasteiger partial charge >= 0.3 is 0 Å². The minimum atomic E-state index is 0.152. The first-order valence-corrected chi connectivity index (χ1v) is 6.32. The highest BCUT2D eigenvalue weighted by Crippen LogP contribution is 2.27. The van der Waals surface area contributed by atoms with Crippen LogP contribution in [-0.4, -0.2) is 17.2 Å². The molecule has 3 heteroatoms. The molecular formula is C11H17O2S. The van der Waals surface area contributed by atoms with E-state index in [2.05, 4.69) is 0 Å². The van der Waals surface area contributed by atoms with E-state index in [0.717, 1.165) is 24.1 Å². The van der Waals surface area contributed by atoms with Crippen LogP contribution in [0.3, 0.4) is 0 Å². The molecule has 14 heavy (non-hydrogen) atoms. The van der Waals surface area contributed by atoms with Gasteiger partial charge in [-0.2, -0.15) is 0 Å². The average Bonchev–Trinajstić information content (AvgIpc) is 2.25. The Morgan fingerprint density at radius 1 is 1.29 bits per heavy atom. The highest BCUT2D eigenvalue weighted by molar-refractivity contribution is 8.14. The highest BCUT2D eigenvalue weighted by atomic mass is 32.2. The van der Waals surface area contributed by atoms with E-state index in [1.165, 1.54) is 32.1 Å². The summed E-state index contributed by atoms with van der Waals surface area (Å²) in [5.41, 5.74) is 0. The van der Waals surface area contributed by atoms with Gasteiger partial charge in [-0.15, -0.1) is 0 Å². The Labute approximate surface area is 89.8 Å². The summed E-state index contributed by atoms with van der Waals surface area (Å²) in [6.45, 7) is 0. The molecule has 0 bridgehead atoms. The predicted molar refractivity (Wildman–Crippen MR) is 59.0 cm³/mol. The van der Waals surface area contributed by atoms with Gasteiger partial charge < -0.3 is 0 Å². The fourth-order valence-corrected chi connectivity index (χ4v) is 2.46. The maximum atomic E-state index is 11.2. The van der Waals surface area contributed by atoms with Crippen molar-refractivity contribution in [2.45, 2.75) is 44.9 Å². The first kappa shape index (κ1) is 11.8. The molecule has 1 saturated carbocycles. The van der Waals surface area contributed by atoms with E-state index in [1.807, 2.05) is 0 Å². The van der Waals surface area contributed by atoms with E-state index in [1.54, 1.807) is 6.29 Å². The number of rotatable bonds is 5. The number of hydrogen-bond donors (Lipinski definition) is 0. The van der Waals surface area contributed by atoms with Crippen LogP contribution in [0.2, 0.25) is 0 Å². The molecule has 0 atom stereocenters. The Morgan fingerprint density at radius 3 is 2.64 bits per heavy atom. The number of thioether (sulfide) groups is 1. The molecule has 0 unspecified atom stereocenters. The Kier molecular flexibility index (Phi) is 5.92. The van der Waals surface area contributed by atoms with Crippen LogP contribution >= 0.6 is 11.8 Å². The largest absolute Gasteiger partial charge is 0.290 e. The molecule has 1 radical (unpaired) electrons. The van der Waals surface area contributed by atoms with E-state index in [9.17, 15) is 9.59 Å². The maximum absolute atomic E-state index is 11.2. The van der Waals surface area contributed by atoms with Crippen molar-refractivity contribution in [3.8, 4) is 0 Å². The van der Waals surface area contributed by atoms with Crippen LogP contribution in [0.1, 0.15) is 44.9 Å². The Morgan fingerprint density at radius 2 is 2.00 bits per heavy atom. The van der Waals surface area contributed by atoms with Crippen LogP contribution in [0.4, 0.5) is 0 Å². The third-order valence-electron chi connectivity index (χ3n) is 2.77. The molecule has 1 fully saturated rings. The summed E-state index contributed by atoms with van der Waals surface area (Å²) in [5, 5.41) is 0.152. The molecular weight excluding hydrogens is 196 g/mol. The average molecular weight is 213 g/mol. The molecule has 0 aromatic heterocycles. The first-order chi connectivity index (χ1) is 6.83. The smallest absolute Gasteiger partial charge is 0.209 e. The van der Waals surface area contributed by atoms with Gasteiger partial charge in [0.15, 0.2) is 5.12 Å².